The molecule has 2 aliphatic rings. The number of rotatable bonds is 2. The average molecular weight is 295 g/mol. The van der Waals surface area contributed by atoms with Crippen molar-refractivity contribution in [2.75, 3.05) is 23.4 Å². The van der Waals surface area contributed by atoms with Crippen molar-refractivity contribution in [3.8, 4) is 5.75 Å². The van der Waals surface area contributed by atoms with Gasteiger partial charge in [-0.2, -0.15) is 0 Å². The van der Waals surface area contributed by atoms with Gasteiger partial charge in [0.1, 0.15) is 11.4 Å². The number of nitrogens with one attached hydrogen (secondary N) is 1. The molecule has 1 saturated heterocycles. The molecule has 1 N–H and O–H groups in total. The molecular weight excluding hydrogens is 274 g/mol. The van der Waals surface area contributed by atoms with Crippen LogP contribution in [0, 0.1) is 0 Å². The highest BCUT2D eigenvalue weighted by atomic mass is 32.2. The van der Waals surface area contributed by atoms with E-state index in [0.717, 1.165) is 31.6 Å². The lowest BCUT2D eigenvalue weighted by Crippen LogP contribution is -2.44. The first-order chi connectivity index (χ1) is 9.46. The molecule has 3 rings (SSSR count). The summed E-state index contributed by atoms with van der Waals surface area (Å²) in [6.07, 6.45) is 3.66. The number of hydrogen-bond acceptors (Lipinski definition) is 4. The van der Waals surface area contributed by atoms with Crippen LogP contribution in [0.4, 0.5) is 5.69 Å². The maximum atomic E-state index is 11.8. The molecule has 0 saturated carbocycles. The molecule has 0 bridgehead atoms. The molecule has 0 aliphatic carbocycles. The lowest BCUT2D eigenvalue weighted by molar-refractivity contribution is 0.0976. The van der Waals surface area contributed by atoms with E-state index in [9.17, 15) is 8.42 Å². The van der Waals surface area contributed by atoms with Gasteiger partial charge in [0.25, 0.3) is 0 Å². The molecule has 20 heavy (non-hydrogen) atoms. The smallest absolute Gasteiger partial charge is 0.154 e. The van der Waals surface area contributed by atoms with Crippen molar-refractivity contribution in [2.45, 2.75) is 38.2 Å². The molecule has 1 aromatic carbocycles. The average Bonchev–Trinajstić information content (AvgIpc) is 2.36. The summed E-state index contributed by atoms with van der Waals surface area (Å²) in [6.45, 7) is 2.92. The van der Waals surface area contributed by atoms with Gasteiger partial charge in [0.15, 0.2) is 9.84 Å². The zero-order valence-electron chi connectivity index (χ0n) is 11.8. The van der Waals surface area contributed by atoms with Crippen molar-refractivity contribution in [1.82, 2.24) is 0 Å². The third-order valence-electron chi connectivity index (χ3n) is 4.07. The number of sulfone groups is 1. The number of anilines is 1. The van der Waals surface area contributed by atoms with Gasteiger partial charge in [0.05, 0.1) is 11.5 Å². The zero-order valence-corrected chi connectivity index (χ0v) is 12.6. The van der Waals surface area contributed by atoms with Gasteiger partial charge in [-0.3, -0.25) is 0 Å². The van der Waals surface area contributed by atoms with Crippen LogP contribution in [0.5, 0.6) is 5.75 Å². The number of hydrogen-bond donors (Lipinski definition) is 1. The van der Waals surface area contributed by atoms with Crippen molar-refractivity contribution < 1.29 is 13.2 Å². The second-order valence-electron chi connectivity index (χ2n) is 6.10. The van der Waals surface area contributed by atoms with Gasteiger partial charge in [-0.15, -0.1) is 0 Å². The summed E-state index contributed by atoms with van der Waals surface area (Å²) in [5, 5.41) is 3.36. The van der Waals surface area contributed by atoms with E-state index < -0.39 is 15.4 Å². The fourth-order valence-corrected chi connectivity index (χ4v) is 5.02. The molecule has 5 heteroatoms. The minimum atomic E-state index is -2.97. The quantitative estimate of drug-likeness (QED) is 0.910. The maximum absolute atomic E-state index is 11.8. The fourth-order valence-electron chi connectivity index (χ4n) is 3.16. The van der Waals surface area contributed by atoms with E-state index in [0.29, 0.717) is 12.2 Å². The van der Waals surface area contributed by atoms with Gasteiger partial charge in [-0.05, 0) is 56.4 Å². The summed E-state index contributed by atoms with van der Waals surface area (Å²) in [4.78, 5) is 0. The zero-order chi connectivity index (χ0) is 14.2. The normalized spacial score (nSPS) is 28.2. The molecule has 2 heterocycles. The molecule has 2 aliphatic heterocycles. The maximum Gasteiger partial charge on any atom is 0.154 e. The van der Waals surface area contributed by atoms with Crippen LogP contribution in [0.3, 0.4) is 0 Å². The molecule has 1 atom stereocenters. The first kappa shape index (κ1) is 13.7. The molecule has 0 radical (unpaired) electrons. The lowest BCUT2D eigenvalue weighted by Gasteiger charge is -2.34. The predicted molar refractivity (Wildman–Crippen MR) is 80.2 cm³/mol. The molecular formula is C15H21NO3S. The number of ether oxygens (including phenoxy) is 1. The molecule has 1 unspecified atom stereocenters. The topological polar surface area (TPSA) is 55.4 Å². The van der Waals surface area contributed by atoms with E-state index in [1.807, 2.05) is 25.1 Å². The number of aryl methyl sites for hydroxylation is 1. The Kier molecular flexibility index (Phi) is 3.40. The molecule has 1 aromatic rings. The SMILES string of the molecule is CC1(Oc2ccc3c(c2)CCCN3)CCCS(=O)(=O)C1. The molecule has 0 spiro atoms. The molecule has 4 nitrogen and oxygen atoms in total. The van der Waals surface area contributed by atoms with Crippen molar-refractivity contribution >= 4 is 15.5 Å². The summed E-state index contributed by atoms with van der Waals surface area (Å²) in [5.74, 6) is 1.20. The third-order valence-corrected chi connectivity index (χ3v) is 6.03. The van der Waals surface area contributed by atoms with Crippen molar-refractivity contribution in [3.05, 3.63) is 23.8 Å². The first-order valence-electron chi connectivity index (χ1n) is 7.22. The Morgan fingerprint density at radius 2 is 2.15 bits per heavy atom. The lowest BCUT2D eigenvalue weighted by atomic mass is 10.0. The van der Waals surface area contributed by atoms with Crippen LogP contribution in [0.1, 0.15) is 31.7 Å². The summed E-state index contributed by atoms with van der Waals surface area (Å²) >= 11 is 0. The Bertz CT molecular complexity index is 612. The van der Waals surface area contributed by atoms with E-state index in [1.165, 1.54) is 11.3 Å². The van der Waals surface area contributed by atoms with E-state index in [-0.39, 0.29) is 5.75 Å². The standard InChI is InChI=1S/C15H21NO3S/c1-15(7-3-9-20(17,18)11-15)19-13-5-6-14-12(10-13)4-2-8-16-14/h5-6,10,16H,2-4,7-9,11H2,1H3. The second kappa shape index (κ2) is 4.95. The summed E-state index contributed by atoms with van der Waals surface area (Å²) in [7, 11) is -2.97. The largest absolute Gasteiger partial charge is 0.487 e. The predicted octanol–water partition coefficient (Wildman–Crippen LogP) is 2.39. The fraction of sp³-hybridized carbons (Fsp3) is 0.600. The third kappa shape index (κ3) is 2.92. The minimum absolute atomic E-state index is 0.120. The Morgan fingerprint density at radius 3 is 2.95 bits per heavy atom. The highest BCUT2D eigenvalue weighted by molar-refractivity contribution is 7.91. The van der Waals surface area contributed by atoms with Gasteiger partial charge >= 0.3 is 0 Å². The van der Waals surface area contributed by atoms with Crippen LogP contribution in [0.2, 0.25) is 0 Å². The van der Waals surface area contributed by atoms with Gasteiger partial charge in [0, 0.05) is 12.2 Å². The highest BCUT2D eigenvalue weighted by Crippen LogP contribution is 2.32. The van der Waals surface area contributed by atoms with Gasteiger partial charge in [-0.25, -0.2) is 8.42 Å². The highest BCUT2D eigenvalue weighted by Gasteiger charge is 2.37. The molecule has 1 fully saturated rings. The summed E-state index contributed by atoms with van der Waals surface area (Å²) < 4.78 is 29.6. The van der Waals surface area contributed by atoms with E-state index in [1.54, 1.807) is 0 Å². The van der Waals surface area contributed by atoms with Gasteiger partial charge in [-0.1, -0.05) is 0 Å². The number of fused-ring (bicyclic) bond motifs is 1. The minimum Gasteiger partial charge on any atom is -0.487 e. The first-order valence-corrected chi connectivity index (χ1v) is 9.04. The van der Waals surface area contributed by atoms with Crippen LogP contribution in [0.15, 0.2) is 18.2 Å². The van der Waals surface area contributed by atoms with E-state index >= 15 is 0 Å². The Balaban J connectivity index is 1.80. The Morgan fingerprint density at radius 1 is 1.30 bits per heavy atom. The van der Waals surface area contributed by atoms with E-state index in [2.05, 4.69) is 5.32 Å². The Hall–Kier alpha value is -1.23. The molecule has 110 valence electrons. The monoisotopic (exact) mass is 295 g/mol. The number of benzene rings is 1. The second-order valence-corrected chi connectivity index (χ2v) is 8.28. The molecule has 0 amide bonds. The Labute approximate surface area is 120 Å². The van der Waals surface area contributed by atoms with Crippen molar-refractivity contribution in [3.63, 3.8) is 0 Å². The van der Waals surface area contributed by atoms with Crippen LogP contribution >= 0.6 is 0 Å². The summed E-state index contributed by atoms with van der Waals surface area (Å²) in [5.41, 5.74) is 1.84. The van der Waals surface area contributed by atoms with Crippen molar-refractivity contribution in [2.24, 2.45) is 0 Å². The molecule has 0 aromatic heterocycles. The summed E-state index contributed by atoms with van der Waals surface area (Å²) in [6, 6.07) is 6.02. The van der Waals surface area contributed by atoms with Gasteiger partial charge in [0.2, 0.25) is 0 Å². The van der Waals surface area contributed by atoms with Crippen LogP contribution in [0.25, 0.3) is 0 Å². The van der Waals surface area contributed by atoms with E-state index in [4.69, 9.17) is 4.74 Å². The van der Waals surface area contributed by atoms with Crippen molar-refractivity contribution in [1.29, 1.82) is 0 Å². The van der Waals surface area contributed by atoms with Crippen LogP contribution < -0.4 is 10.1 Å². The van der Waals surface area contributed by atoms with Crippen LogP contribution in [-0.2, 0) is 16.3 Å². The van der Waals surface area contributed by atoms with Crippen LogP contribution in [-0.4, -0.2) is 32.1 Å². The van der Waals surface area contributed by atoms with Gasteiger partial charge < -0.3 is 10.1 Å².